The van der Waals surface area contributed by atoms with Crippen LogP contribution in [-0.4, -0.2) is 30.8 Å². The summed E-state index contributed by atoms with van der Waals surface area (Å²) in [5.41, 5.74) is 0.974. The summed E-state index contributed by atoms with van der Waals surface area (Å²) in [5.74, 6) is 1.37. The maximum absolute atomic E-state index is 9.65. The van der Waals surface area contributed by atoms with Gasteiger partial charge in [0.1, 0.15) is 0 Å². The summed E-state index contributed by atoms with van der Waals surface area (Å²) < 4.78 is 5.35. The van der Waals surface area contributed by atoms with E-state index in [0.29, 0.717) is 25.4 Å². The summed E-state index contributed by atoms with van der Waals surface area (Å²) in [4.78, 5) is 4.46. The molecule has 0 saturated carbocycles. The predicted octanol–water partition coefficient (Wildman–Crippen LogP) is 2.65. The smallest absolute Gasteiger partial charge is 0.191 e. The molecular formula is C15H24IN3O2. The molecule has 3 N–H and O–H groups in total. The van der Waals surface area contributed by atoms with Gasteiger partial charge in [-0.2, -0.15) is 0 Å². The number of guanidine groups is 1. The molecule has 0 aliphatic carbocycles. The zero-order chi connectivity index (χ0) is 14.8. The lowest BCUT2D eigenvalue weighted by atomic mass is 10.2. The fourth-order valence-corrected chi connectivity index (χ4v) is 1.61. The Morgan fingerprint density at radius 3 is 2.76 bits per heavy atom. The average molecular weight is 405 g/mol. The first-order valence-corrected chi connectivity index (χ1v) is 6.79. The first-order valence-electron chi connectivity index (χ1n) is 6.79. The minimum Gasteiger partial charge on any atom is -0.504 e. The van der Waals surface area contributed by atoms with Gasteiger partial charge in [0.25, 0.3) is 0 Å². The minimum atomic E-state index is 0. The van der Waals surface area contributed by atoms with Crippen molar-refractivity contribution >= 4 is 29.9 Å². The van der Waals surface area contributed by atoms with Crippen molar-refractivity contribution < 1.29 is 9.84 Å². The van der Waals surface area contributed by atoms with Gasteiger partial charge in [0, 0.05) is 13.1 Å². The molecule has 0 aliphatic rings. The maximum Gasteiger partial charge on any atom is 0.191 e. The Bertz CT molecular complexity index is 464. The van der Waals surface area contributed by atoms with Crippen molar-refractivity contribution in [2.24, 2.45) is 4.99 Å². The van der Waals surface area contributed by atoms with Crippen molar-refractivity contribution in [3.05, 3.63) is 36.4 Å². The standard InChI is InChI=1S/C15H23N3O2.HI/c1-4-9-17-15(16-5-2)18-11-12-7-8-13(19)14(10-12)20-6-3;/h4,7-8,10,19H,1,5-6,9,11H2,2-3H3,(H2,16,17,18);1H. The van der Waals surface area contributed by atoms with Crippen LogP contribution in [0.2, 0.25) is 0 Å². The number of benzene rings is 1. The Labute approximate surface area is 143 Å². The summed E-state index contributed by atoms with van der Waals surface area (Å²) >= 11 is 0. The van der Waals surface area contributed by atoms with Gasteiger partial charge in [-0.1, -0.05) is 12.1 Å². The molecule has 118 valence electrons. The Balaban J connectivity index is 0.00000400. The van der Waals surface area contributed by atoms with Gasteiger partial charge in [0.2, 0.25) is 0 Å². The van der Waals surface area contributed by atoms with Gasteiger partial charge in [-0.25, -0.2) is 4.99 Å². The van der Waals surface area contributed by atoms with Crippen LogP contribution < -0.4 is 15.4 Å². The highest BCUT2D eigenvalue weighted by molar-refractivity contribution is 14.0. The first kappa shape index (κ1) is 19.6. The van der Waals surface area contributed by atoms with Crippen LogP contribution in [0.3, 0.4) is 0 Å². The van der Waals surface area contributed by atoms with Gasteiger partial charge in [0.15, 0.2) is 17.5 Å². The second-order valence-corrected chi connectivity index (χ2v) is 4.10. The summed E-state index contributed by atoms with van der Waals surface area (Å²) in [5, 5.41) is 15.9. The summed E-state index contributed by atoms with van der Waals surface area (Å²) in [6.07, 6.45) is 1.78. The Morgan fingerprint density at radius 1 is 1.38 bits per heavy atom. The predicted molar refractivity (Wildman–Crippen MR) is 97.7 cm³/mol. The van der Waals surface area contributed by atoms with E-state index in [1.165, 1.54) is 0 Å². The van der Waals surface area contributed by atoms with Crippen molar-refractivity contribution in [2.75, 3.05) is 19.7 Å². The van der Waals surface area contributed by atoms with Gasteiger partial charge in [-0.3, -0.25) is 0 Å². The number of aromatic hydroxyl groups is 1. The molecule has 5 nitrogen and oxygen atoms in total. The number of rotatable bonds is 7. The SMILES string of the molecule is C=CCNC(=NCc1ccc(O)c(OCC)c1)NCC.I. The molecule has 0 saturated heterocycles. The molecule has 0 unspecified atom stereocenters. The number of aliphatic imine (C=N–C) groups is 1. The van der Waals surface area contributed by atoms with Crippen molar-refractivity contribution in [1.82, 2.24) is 10.6 Å². The number of halogens is 1. The number of nitrogens with zero attached hydrogens (tertiary/aromatic N) is 1. The lowest BCUT2D eigenvalue weighted by molar-refractivity contribution is 0.318. The molecule has 1 aromatic carbocycles. The molecule has 1 rings (SSSR count). The van der Waals surface area contributed by atoms with E-state index in [4.69, 9.17) is 4.74 Å². The molecule has 0 amide bonds. The van der Waals surface area contributed by atoms with E-state index >= 15 is 0 Å². The second kappa shape index (κ2) is 11.2. The summed E-state index contributed by atoms with van der Waals surface area (Å²) in [6, 6.07) is 5.26. The van der Waals surface area contributed by atoms with Crippen LogP contribution in [0, 0.1) is 0 Å². The molecule has 0 atom stereocenters. The second-order valence-electron chi connectivity index (χ2n) is 4.10. The number of phenols is 1. The molecule has 0 fully saturated rings. The molecule has 6 heteroatoms. The molecule has 21 heavy (non-hydrogen) atoms. The Morgan fingerprint density at radius 2 is 2.14 bits per heavy atom. The zero-order valence-electron chi connectivity index (χ0n) is 12.6. The lowest BCUT2D eigenvalue weighted by Crippen LogP contribution is -2.37. The highest BCUT2D eigenvalue weighted by Crippen LogP contribution is 2.26. The number of ether oxygens (including phenoxy) is 1. The van der Waals surface area contributed by atoms with Gasteiger partial charge < -0.3 is 20.5 Å². The molecule has 0 bridgehead atoms. The quantitative estimate of drug-likeness (QED) is 0.283. The van der Waals surface area contributed by atoms with Crippen LogP contribution in [0.1, 0.15) is 19.4 Å². The lowest BCUT2D eigenvalue weighted by Gasteiger charge is -2.10. The third kappa shape index (κ3) is 7.22. The first-order chi connectivity index (χ1) is 9.71. The van der Waals surface area contributed by atoms with E-state index in [-0.39, 0.29) is 29.7 Å². The van der Waals surface area contributed by atoms with Crippen LogP contribution >= 0.6 is 24.0 Å². The summed E-state index contributed by atoms with van der Waals surface area (Å²) in [7, 11) is 0. The molecule has 0 spiro atoms. The third-order valence-corrected chi connectivity index (χ3v) is 2.50. The van der Waals surface area contributed by atoms with Crippen molar-refractivity contribution in [3.8, 4) is 11.5 Å². The monoisotopic (exact) mass is 405 g/mol. The van der Waals surface area contributed by atoms with Crippen molar-refractivity contribution in [2.45, 2.75) is 20.4 Å². The number of nitrogens with one attached hydrogen (secondary N) is 2. The molecular weight excluding hydrogens is 381 g/mol. The van der Waals surface area contributed by atoms with Crippen LogP contribution in [0.5, 0.6) is 11.5 Å². The average Bonchev–Trinajstić information content (AvgIpc) is 2.45. The van der Waals surface area contributed by atoms with Crippen molar-refractivity contribution in [3.63, 3.8) is 0 Å². The van der Waals surface area contributed by atoms with E-state index < -0.39 is 0 Å². The molecule has 0 aliphatic heterocycles. The van der Waals surface area contributed by atoms with Crippen LogP contribution in [0.4, 0.5) is 0 Å². The number of phenolic OH excluding ortho intramolecular Hbond substituents is 1. The largest absolute Gasteiger partial charge is 0.504 e. The molecule has 0 aromatic heterocycles. The van der Waals surface area contributed by atoms with Gasteiger partial charge in [-0.15, -0.1) is 30.6 Å². The maximum atomic E-state index is 9.65. The van der Waals surface area contributed by atoms with Crippen molar-refractivity contribution in [1.29, 1.82) is 0 Å². The minimum absolute atomic E-state index is 0. The molecule has 0 heterocycles. The Kier molecular flexibility index (Phi) is 10.5. The van der Waals surface area contributed by atoms with E-state index in [1.54, 1.807) is 18.2 Å². The fourth-order valence-electron chi connectivity index (χ4n) is 1.61. The fraction of sp³-hybridized carbons (Fsp3) is 0.400. The summed E-state index contributed by atoms with van der Waals surface area (Å²) in [6.45, 7) is 10.0. The molecule has 0 radical (unpaired) electrons. The van der Waals surface area contributed by atoms with E-state index in [9.17, 15) is 5.11 Å². The van der Waals surface area contributed by atoms with Gasteiger partial charge >= 0.3 is 0 Å². The van der Waals surface area contributed by atoms with Crippen LogP contribution in [-0.2, 0) is 6.54 Å². The van der Waals surface area contributed by atoms with Crippen LogP contribution in [0.15, 0.2) is 35.8 Å². The van der Waals surface area contributed by atoms with E-state index in [2.05, 4.69) is 22.2 Å². The Hall–Kier alpha value is -1.44. The normalized spacial score (nSPS) is 10.5. The van der Waals surface area contributed by atoms with Crippen LogP contribution in [0.25, 0.3) is 0 Å². The molecule has 1 aromatic rings. The van der Waals surface area contributed by atoms with E-state index in [0.717, 1.165) is 18.1 Å². The zero-order valence-corrected chi connectivity index (χ0v) is 14.9. The number of hydrogen-bond acceptors (Lipinski definition) is 3. The number of hydrogen-bond donors (Lipinski definition) is 3. The topological polar surface area (TPSA) is 65.9 Å². The van der Waals surface area contributed by atoms with Gasteiger partial charge in [0.05, 0.1) is 13.2 Å². The highest BCUT2D eigenvalue weighted by atomic mass is 127. The van der Waals surface area contributed by atoms with E-state index in [1.807, 2.05) is 19.9 Å². The van der Waals surface area contributed by atoms with Gasteiger partial charge in [-0.05, 0) is 31.5 Å². The highest BCUT2D eigenvalue weighted by Gasteiger charge is 2.03. The third-order valence-electron chi connectivity index (χ3n) is 2.50.